The number of fused-ring (bicyclic) bond motifs is 3. The van der Waals surface area contributed by atoms with Gasteiger partial charge in [0, 0.05) is 44.0 Å². The molecule has 2 heterocycles. The summed E-state index contributed by atoms with van der Waals surface area (Å²) in [7, 11) is 4.05. The monoisotopic (exact) mass is 430 g/mol. The number of aryl methyl sites for hydroxylation is 3. The maximum Gasteiger partial charge on any atom is 0.262 e. The summed E-state index contributed by atoms with van der Waals surface area (Å²) in [5.41, 5.74) is 1.23. The van der Waals surface area contributed by atoms with Gasteiger partial charge in [-0.2, -0.15) is 0 Å². The van der Waals surface area contributed by atoms with Crippen LogP contribution in [0.1, 0.15) is 61.8 Å². The molecule has 2 aliphatic carbocycles. The Labute approximate surface area is 182 Å². The van der Waals surface area contributed by atoms with E-state index in [2.05, 4.69) is 16.9 Å². The molecule has 0 N–H and O–H groups in total. The average molecular weight is 431 g/mol. The molecule has 1 fully saturated rings. The quantitative estimate of drug-likeness (QED) is 0.675. The molecule has 0 bridgehead atoms. The van der Waals surface area contributed by atoms with E-state index in [1.165, 1.54) is 49.0 Å². The second kappa shape index (κ2) is 9.60. The summed E-state index contributed by atoms with van der Waals surface area (Å²) in [4.78, 5) is 36.6. The highest BCUT2D eigenvalue weighted by Crippen LogP contribution is 2.33. The number of amides is 1. The number of likely N-dealkylation sites (N-methyl/N-ethyl adjacent to an activating group) is 2. The first-order valence-corrected chi connectivity index (χ1v) is 12.3. The lowest BCUT2D eigenvalue weighted by atomic mass is 9.94. The SMILES string of the molecule is CN(CCN(C)C1CCCCC1)C(=O)CCn1cnc2sc3c(c2c1=O)CCCC3. The zero-order valence-corrected chi connectivity index (χ0v) is 19.2. The zero-order valence-electron chi connectivity index (χ0n) is 18.4. The van der Waals surface area contributed by atoms with Crippen LogP contribution in [0.3, 0.4) is 0 Å². The van der Waals surface area contributed by atoms with Crippen LogP contribution in [0.15, 0.2) is 11.1 Å². The van der Waals surface area contributed by atoms with Gasteiger partial charge in [-0.1, -0.05) is 19.3 Å². The number of carbonyl (C=O) groups is 1. The van der Waals surface area contributed by atoms with E-state index in [4.69, 9.17) is 0 Å². The smallest absolute Gasteiger partial charge is 0.262 e. The summed E-state index contributed by atoms with van der Waals surface area (Å²) in [6.07, 6.45) is 12.9. The first-order valence-electron chi connectivity index (χ1n) is 11.5. The van der Waals surface area contributed by atoms with Crippen molar-refractivity contribution in [3.8, 4) is 0 Å². The molecule has 0 unspecified atom stereocenters. The highest BCUT2D eigenvalue weighted by Gasteiger charge is 2.21. The lowest BCUT2D eigenvalue weighted by molar-refractivity contribution is -0.130. The molecule has 0 radical (unpaired) electrons. The first kappa shape index (κ1) is 21.5. The molecule has 1 saturated carbocycles. The molecule has 1 amide bonds. The van der Waals surface area contributed by atoms with E-state index in [1.54, 1.807) is 22.2 Å². The van der Waals surface area contributed by atoms with Gasteiger partial charge in [0.05, 0.1) is 11.7 Å². The number of thiophene rings is 1. The van der Waals surface area contributed by atoms with Crippen molar-refractivity contribution in [2.24, 2.45) is 0 Å². The summed E-state index contributed by atoms with van der Waals surface area (Å²) >= 11 is 1.67. The molecule has 164 valence electrons. The molecular weight excluding hydrogens is 396 g/mol. The molecular formula is C23H34N4O2S. The minimum absolute atomic E-state index is 0.0203. The maximum atomic E-state index is 13.0. The van der Waals surface area contributed by atoms with Crippen molar-refractivity contribution in [2.45, 2.75) is 76.8 Å². The summed E-state index contributed by atoms with van der Waals surface area (Å²) < 4.78 is 1.63. The Kier molecular flexibility index (Phi) is 6.88. The summed E-state index contributed by atoms with van der Waals surface area (Å²) in [6, 6.07) is 0.662. The molecule has 0 aromatic carbocycles. The molecule has 4 rings (SSSR count). The Hall–Kier alpha value is -1.73. The Bertz CT molecular complexity index is 945. The lowest BCUT2D eigenvalue weighted by Crippen LogP contribution is -2.40. The van der Waals surface area contributed by atoms with E-state index >= 15 is 0 Å². The highest BCUT2D eigenvalue weighted by molar-refractivity contribution is 7.18. The highest BCUT2D eigenvalue weighted by atomic mass is 32.1. The molecule has 2 aromatic heterocycles. The largest absolute Gasteiger partial charge is 0.344 e. The normalized spacial score (nSPS) is 17.4. The fourth-order valence-corrected chi connectivity index (χ4v) is 6.10. The molecule has 7 heteroatoms. The molecule has 0 saturated heterocycles. The fourth-order valence-electron chi connectivity index (χ4n) is 4.88. The number of rotatable bonds is 7. The third-order valence-corrected chi connectivity index (χ3v) is 8.12. The standard InChI is InChI=1S/C23H34N4O2S/c1-25(17-8-4-3-5-9-17)14-15-26(2)20(28)12-13-27-16-24-22-21(23(27)29)18-10-6-7-11-19(18)30-22/h16-17H,3-15H2,1-2H3. The number of hydrogen-bond donors (Lipinski definition) is 0. The molecule has 2 aliphatic rings. The Morgan fingerprint density at radius 1 is 1.13 bits per heavy atom. The second-order valence-corrected chi connectivity index (χ2v) is 10.1. The van der Waals surface area contributed by atoms with Crippen LogP contribution < -0.4 is 5.56 Å². The average Bonchev–Trinajstić information content (AvgIpc) is 3.16. The van der Waals surface area contributed by atoms with Crippen molar-refractivity contribution in [3.63, 3.8) is 0 Å². The van der Waals surface area contributed by atoms with Crippen molar-refractivity contribution in [2.75, 3.05) is 27.2 Å². The van der Waals surface area contributed by atoms with Gasteiger partial charge >= 0.3 is 0 Å². The van der Waals surface area contributed by atoms with E-state index < -0.39 is 0 Å². The van der Waals surface area contributed by atoms with Gasteiger partial charge in [-0.15, -0.1) is 11.3 Å². The first-order chi connectivity index (χ1) is 14.5. The van der Waals surface area contributed by atoms with Gasteiger partial charge in [-0.25, -0.2) is 4.98 Å². The number of aromatic nitrogens is 2. The van der Waals surface area contributed by atoms with Crippen LogP contribution in [-0.2, 0) is 24.2 Å². The summed E-state index contributed by atoms with van der Waals surface area (Å²) in [5, 5.41) is 0.798. The van der Waals surface area contributed by atoms with Crippen molar-refractivity contribution in [3.05, 3.63) is 27.1 Å². The fraction of sp³-hybridized carbons (Fsp3) is 0.696. The third-order valence-electron chi connectivity index (χ3n) is 6.92. The lowest BCUT2D eigenvalue weighted by Gasteiger charge is -2.32. The molecule has 0 atom stereocenters. The van der Waals surface area contributed by atoms with Crippen LogP contribution in [0.5, 0.6) is 0 Å². The van der Waals surface area contributed by atoms with E-state index in [0.717, 1.165) is 42.6 Å². The van der Waals surface area contributed by atoms with Gasteiger partial charge in [-0.3, -0.25) is 14.2 Å². The molecule has 0 aliphatic heterocycles. The Morgan fingerprint density at radius 3 is 2.70 bits per heavy atom. The van der Waals surface area contributed by atoms with Gasteiger partial charge < -0.3 is 9.80 Å². The van der Waals surface area contributed by atoms with Crippen LogP contribution in [0.25, 0.3) is 10.2 Å². The summed E-state index contributed by atoms with van der Waals surface area (Å²) in [5.74, 6) is 0.0892. The van der Waals surface area contributed by atoms with Crippen LogP contribution in [-0.4, -0.2) is 58.5 Å². The minimum atomic E-state index is 0.0203. The molecule has 2 aromatic rings. The predicted octanol–water partition coefficient (Wildman–Crippen LogP) is 3.45. The van der Waals surface area contributed by atoms with E-state index in [0.29, 0.717) is 19.0 Å². The molecule has 0 spiro atoms. The third kappa shape index (κ3) is 4.62. The van der Waals surface area contributed by atoms with Gasteiger partial charge in [0.25, 0.3) is 5.56 Å². The van der Waals surface area contributed by atoms with Gasteiger partial charge in [0.1, 0.15) is 4.83 Å². The van der Waals surface area contributed by atoms with Crippen LogP contribution in [0, 0.1) is 0 Å². The van der Waals surface area contributed by atoms with Crippen molar-refractivity contribution in [1.82, 2.24) is 19.4 Å². The number of carbonyl (C=O) groups excluding carboxylic acids is 1. The molecule has 6 nitrogen and oxygen atoms in total. The van der Waals surface area contributed by atoms with Gasteiger partial charge in [0.2, 0.25) is 5.91 Å². The van der Waals surface area contributed by atoms with Gasteiger partial charge in [0.15, 0.2) is 0 Å². The van der Waals surface area contributed by atoms with E-state index in [-0.39, 0.29) is 11.5 Å². The zero-order chi connectivity index (χ0) is 21.1. The Balaban J connectivity index is 1.33. The van der Waals surface area contributed by atoms with E-state index in [1.807, 2.05) is 11.9 Å². The van der Waals surface area contributed by atoms with Crippen molar-refractivity contribution < 1.29 is 4.79 Å². The number of nitrogens with zero attached hydrogens (tertiary/aromatic N) is 4. The van der Waals surface area contributed by atoms with Crippen LogP contribution >= 0.6 is 11.3 Å². The van der Waals surface area contributed by atoms with Crippen LogP contribution in [0.4, 0.5) is 0 Å². The summed E-state index contributed by atoms with van der Waals surface area (Å²) in [6.45, 7) is 2.03. The van der Waals surface area contributed by atoms with Crippen molar-refractivity contribution in [1.29, 1.82) is 0 Å². The van der Waals surface area contributed by atoms with Crippen molar-refractivity contribution >= 4 is 27.5 Å². The topological polar surface area (TPSA) is 58.4 Å². The maximum absolute atomic E-state index is 13.0. The second-order valence-electron chi connectivity index (χ2n) is 8.97. The van der Waals surface area contributed by atoms with Crippen LogP contribution in [0.2, 0.25) is 0 Å². The predicted molar refractivity (Wildman–Crippen MR) is 122 cm³/mol. The van der Waals surface area contributed by atoms with E-state index in [9.17, 15) is 9.59 Å². The molecule has 30 heavy (non-hydrogen) atoms. The minimum Gasteiger partial charge on any atom is -0.344 e. The Morgan fingerprint density at radius 2 is 1.90 bits per heavy atom. The number of hydrogen-bond acceptors (Lipinski definition) is 5. The van der Waals surface area contributed by atoms with Gasteiger partial charge in [-0.05, 0) is 51.1 Å².